The Morgan fingerprint density at radius 1 is 1.53 bits per heavy atom. The number of carbonyl (C=O) groups excluding carboxylic acids is 1. The van der Waals surface area contributed by atoms with Gasteiger partial charge in [0.05, 0.1) is 0 Å². The highest BCUT2D eigenvalue weighted by molar-refractivity contribution is 5.91. The zero-order valence-corrected chi connectivity index (χ0v) is 11.4. The van der Waals surface area contributed by atoms with Crippen LogP contribution in [-0.2, 0) is 9.53 Å². The number of ether oxygens (including phenoxy) is 1. The fraction of sp³-hybridized carbons (Fsp3) is 0.786. The van der Waals surface area contributed by atoms with Gasteiger partial charge < -0.3 is 9.64 Å². The second-order valence-corrected chi connectivity index (χ2v) is 5.89. The Morgan fingerprint density at radius 2 is 2.24 bits per heavy atom. The molecule has 0 bridgehead atoms. The number of carbonyl (C=O) groups is 1. The molecule has 0 aromatic heterocycles. The zero-order chi connectivity index (χ0) is 12.6. The summed E-state index contributed by atoms with van der Waals surface area (Å²) in [6.07, 6.45) is 3.23. The van der Waals surface area contributed by atoms with E-state index in [0.717, 1.165) is 37.9 Å². The number of hydrogen-bond acceptors (Lipinski definition) is 3. The van der Waals surface area contributed by atoms with E-state index in [4.69, 9.17) is 4.74 Å². The van der Waals surface area contributed by atoms with E-state index in [0.29, 0.717) is 0 Å². The van der Waals surface area contributed by atoms with E-state index in [9.17, 15) is 4.79 Å². The maximum absolute atomic E-state index is 11.5. The maximum atomic E-state index is 11.5. The fourth-order valence-electron chi connectivity index (χ4n) is 3.07. The largest absolute Gasteiger partial charge is 0.454 e. The number of rotatable bonds is 3. The number of esters is 1. The Labute approximate surface area is 104 Å². The Kier molecular flexibility index (Phi) is 3.30. The lowest BCUT2D eigenvalue weighted by molar-refractivity contribution is -0.141. The van der Waals surface area contributed by atoms with E-state index in [-0.39, 0.29) is 17.5 Å². The molecule has 2 atom stereocenters. The van der Waals surface area contributed by atoms with Crippen molar-refractivity contribution < 1.29 is 9.53 Å². The summed E-state index contributed by atoms with van der Waals surface area (Å²) in [6, 6.07) is 0. The predicted molar refractivity (Wildman–Crippen MR) is 67.7 cm³/mol. The van der Waals surface area contributed by atoms with Gasteiger partial charge >= 0.3 is 5.97 Å². The Balaban J connectivity index is 2.07. The molecule has 0 N–H and O–H groups in total. The molecule has 0 aromatic rings. The molecule has 1 aliphatic heterocycles. The molecule has 0 aromatic carbocycles. The number of hydrogen-bond donors (Lipinski definition) is 0. The van der Waals surface area contributed by atoms with Gasteiger partial charge in [-0.15, -0.1) is 0 Å². The summed E-state index contributed by atoms with van der Waals surface area (Å²) in [5.74, 6) is -0.0990. The quantitative estimate of drug-likeness (QED) is 0.706. The van der Waals surface area contributed by atoms with Crippen LogP contribution < -0.4 is 0 Å². The molecular formula is C14H23NO2. The van der Waals surface area contributed by atoms with Crippen molar-refractivity contribution in [2.75, 3.05) is 20.1 Å². The third kappa shape index (κ3) is 2.39. The van der Waals surface area contributed by atoms with Crippen LogP contribution in [0.4, 0.5) is 0 Å². The van der Waals surface area contributed by atoms with Crippen LogP contribution in [0.3, 0.4) is 0 Å². The molecular weight excluding hydrogens is 214 g/mol. The van der Waals surface area contributed by atoms with Gasteiger partial charge in [0.15, 0.2) is 0 Å². The Bertz CT molecular complexity index is 361. The van der Waals surface area contributed by atoms with Gasteiger partial charge in [-0.05, 0) is 50.8 Å². The van der Waals surface area contributed by atoms with Crippen molar-refractivity contribution in [1.82, 2.24) is 4.90 Å². The topological polar surface area (TPSA) is 29.5 Å². The SMILES string of the molecule is CCN(C)CC1(C)CCC2=C(C)C(=O)OC2C1. The minimum atomic E-state index is -0.0990. The maximum Gasteiger partial charge on any atom is 0.334 e. The van der Waals surface area contributed by atoms with E-state index >= 15 is 0 Å². The molecule has 0 saturated heterocycles. The van der Waals surface area contributed by atoms with Gasteiger partial charge in [-0.25, -0.2) is 4.79 Å². The average molecular weight is 237 g/mol. The molecule has 1 aliphatic carbocycles. The van der Waals surface area contributed by atoms with Crippen molar-refractivity contribution in [2.24, 2.45) is 5.41 Å². The molecule has 1 saturated carbocycles. The van der Waals surface area contributed by atoms with Crippen LogP contribution >= 0.6 is 0 Å². The lowest BCUT2D eigenvalue weighted by Crippen LogP contribution is -2.39. The lowest BCUT2D eigenvalue weighted by atomic mass is 9.72. The second-order valence-electron chi connectivity index (χ2n) is 5.89. The van der Waals surface area contributed by atoms with Crippen molar-refractivity contribution in [3.63, 3.8) is 0 Å². The third-order valence-corrected chi connectivity index (χ3v) is 4.29. The van der Waals surface area contributed by atoms with Crippen LogP contribution in [0, 0.1) is 5.41 Å². The van der Waals surface area contributed by atoms with E-state index in [1.165, 1.54) is 5.57 Å². The summed E-state index contributed by atoms with van der Waals surface area (Å²) in [4.78, 5) is 13.9. The monoisotopic (exact) mass is 237 g/mol. The van der Waals surface area contributed by atoms with Crippen molar-refractivity contribution in [2.45, 2.75) is 46.1 Å². The molecule has 17 heavy (non-hydrogen) atoms. The molecule has 2 rings (SSSR count). The highest BCUT2D eigenvalue weighted by Gasteiger charge is 2.41. The summed E-state index contributed by atoms with van der Waals surface area (Å²) in [7, 11) is 2.16. The molecule has 0 amide bonds. The van der Waals surface area contributed by atoms with Gasteiger partial charge in [0.25, 0.3) is 0 Å². The summed E-state index contributed by atoms with van der Waals surface area (Å²) in [5, 5.41) is 0. The highest BCUT2D eigenvalue weighted by Crippen LogP contribution is 2.44. The average Bonchev–Trinajstić information content (AvgIpc) is 2.53. The summed E-state index contributed by atoms with van der Waals surface area (Å²) < 4.78 is 5.46. The van der Waals surface area contributed by atoms with Crippen LogP contribution in [0.25, 0.3) is 0 Å². The standard InChI is InChI=1S/C14H23NO2/c1-5-15(4)9-14(3)7-6-11-10(2)13(16)17-12(11)8-14/h12H,5-9H2,1-4H3. The number of nitrogens with zero attached hydrogens (tertiary/aromatic N) is 1. The van der Waals surface area contributed by atoms with Crippen LogP contribution in [-0.4, -0.2) is 37.1 Å². The highest BCUT2D eigenvalue weighted by atomic mass is 16.5. The van der Waals surface area contributed by atoms with Crippen LogP contribution in [0.5, 0.6) is 0 Å². The third-order valence-electron chi connectivity index (χ3n) is 4.29. The minimum Gasteiger partial charge on any atom is -0.454 e. The Morgan fingerprint density at radius 3 is 2.88 bits per heavy atom. The van der Waals surface area contributed by atoms with E-state index in [1.807, 2.05) is 6.92 Å². The van der Waals surface area contributed by atoms with E-state index < -0.39 is 0 Å². The molecule has 0 radical (unpaired) electrons. The Hall–Kier alpha value is -0.830. The molecule has 3 heteroatoms. The van der Waals surface area contributed by atoms with Crippen molar-refractivity contribution >= 4 is 5.97 Å². The first-order valence-corrected chi connectivity index (χ1v) is 6.54. The smallest absolute Gasteiger partial charge is 0.334 e. The first kappa shape index (κ1) is 12.6. The normalized spacial score (nSPS) is 33.0. The molecule has 2 aliphatic rings. The van der Waals surface area contributed by atoms with Gasteiger partial charge in [-0.1, -0.05) is 13.8 Å². The van der Waals surface area contributed by atoms with Gasteiger partial charge in [0, 0.05) is 12.1 Å². The van der Waals surface area contributed by atoms with Crippen molar-refractivity contribution in [3.8, 4) is 0 Å². The predicted octanol–water partition coefficient (Wildman–Crippen LogP) is 2.37. The van der Waals surface area contributed by atoms with Crippen LogP contribution in [0.2, 0.25) is 0 Å². The number of fused-ring (bicyclic) bond motifs is 1. The molecule has 1 fully saturated rings. The molecule has 3 nitrogen and oxygen atoms in total. The van der Waals surface area contributed by atoms with Crippen LogP contribution in [0.1, 0.15) is 40.0 Å². The molecule has 0 spiro atoms. The second kappa shape index (κ2) is 4.45. The van der Waals surface area contributed by atoms with Crippen molar-refractivity contribution in [1.29, 1.82) is 0 Å². The zero-order valence-electron chi connectivity index (χ0n) is 11.4. The van der Waals surface area contributed by atoms with E-state index in [2.05, 4.69) is 25.8 Å². The van der Waals surface area contributed by atoms with Gasteiger partial charge in [-0.3, -0.25) is 0 Å². The first-order valence-electron chi connectivity index (χ1n) is 6.54. The summed E-state index contributed by atoms with van der Waals surface area (Å²) in [6.45, 7) is 8.55. The molecule has 96 valence electrons. The fourth-order valence-corrected chi connectivity index (χ4v) is 3.07. The van der Waals surface area contributed by atoms with Crippen molar-refractivity contribution in [3.05, 3.63) is 11.1 Å². The van der Waals surface area contributed by atoms with Crippen LogP contribution in [0.15, 0.2) is 11.1 Å². The summed E-state index contributed by atoms with van der Waals surface area (Å²) in [5.41, 5.74) is 2.40. The first-order chi connectivity index (χ1) is 7.95. The molecule has 1 heterocycles. The lowest BCUT2D eigenvalue weighted by Gasteiger charge is -2.39. The van der Waals surface area contributed by atoms with Gasteiger partial charge in [0.1, 0.15) is 6.10 Å². The minimum absolute atomic E-state index is 0.0616. The van der Waals surface area contributed by atoms with E-state index in [1.54, 1.807) is 0 Å². The molecule has 2 unspecified atom stereocenters. The van der Waals surface area contributed by atoms with Gasteiger partial charge in [-0.2, -0.15) is 0 Å². The summed E-state index contributed by atoms with van der Waals surface area (Å²) >= 11 is 0. The van der Waals surface area contributed by atoms with Gasteiger partial charge in [0.2, 0.25) is 0 Å².